The highest BCUT2D eigenvalue weighted by Gasteiger charge is 2.51. The topological polar surface area (TPSA) is 128 Å². The van der Waals surface area contributed by atoms with Gasteiger partial charge in [-0.2, -0.15) is 4.89 Å². The minimum absolute atomic E-state index is 0.0674. The number of carbonyl (C=O) groups is 2. The zero-order valence-corrected chi connectivity index (χ0v) is 13.1. The summed E-state index contributed by atoms with van der Waals surface area (Å²) < 4.78 is 0. The van der Waals surface area contributed by atoms with Crippen LogP contribution in [0.25, 0.3) is 0 Å². The summed E-state index contributed by atoms with van der Waals surface area (Å²) in [6.07, 6.45) is 0.281. The number of carbonyl (C=O) groups excluding carboxylic acids is 2. The molecule has 0 bridgehead atoms. The van der Waals surface area contributed by atoms with Gasteiger partial charge in [0.15, 0.2) is 0 Å². The molecule has 1 saturated heterocycles. The minimum Gasteiger partial charge on any atom is -0.396 e. The van der Waals surface area contributed by atoms with Crippen LogP contribution in [0.3, 0.4) is 0 Å². The van der Waals surface area contributed by atoms with E-state index in [1.54, 1.807) is 6.92 Å². The molecule has 1 aliphatic heterocycles. The van der Waals surface area contributed by atoms with E-state index in [0.717, 1.165) is 0 Å². The molecule has 130 valence electrons. The van der Waals surface area contributed by atoms with Crippen LogP contribution in [0, 0.1) is 15.5 Å². The summed E-state index contributed by atoms with van der Waals surface area (Å²) in [5, 5.41) is 22.1. The third-order valence-electron chi connectivity index (χ3n) is 4.02. The van der Waals surface area contributed by atoms with Crippen LogP contribution >= 0.6 is 0 Å². The highest BCUT2D eigenvalue weighted by molar-refractivity contribution is 5.89. The van der Waals surface area contributed by atoms with E-state index in [2.05, 4.69) is 10.2 Å². The molecular formula is C15H18N2O7. The molecule has 2 atom stereocenters. The quantitative estimate of drug-likeness (QED) is 0.306. The van der Waals surface area contributed by atoms with Gasteiger partial charge in [0, 0.05) is 24.8 Å². The second-order valence-corrected chi connectivity index (χ2v) is 5.77. The molecule has 0 spiro atoms. The zero-order chi connectivity index (χ0) is 17.7. The lowest BCUT2D eigenvalue weighted by Crippen LogP contribution is -2.67. The fourth-order valence-corrected chi connectivity index (χ4v) is 2.40. The van der Waals surface area contributed by atoms with Crippen molar-refractivity contribution in [3.63, 3.8) is 0 Å². The van der Waals surface area contributed by atoms with Crippen LogP contribution in [0.2, 0.25) is 0 Å². The Hall–Kier alpha value is -2.52. The number of nitrogens with zero attached hydrogens (tertiary/aromatic N) is 1. The summed E-state index contributed by atoms with van der Waals surface area (Å²) >= 11 is 0. The van der Waals surface area contributed by atoms with Crippen LogP contribution in [0.1, 0.15) is 18.9 Å². The van der Waals surface area contributed by atoms with E-state index < -0.39 is 16.3 Å². The molecule has 0 aliphatic carbocycles. The number of nitro benzene ring substituents is 1. The van der Waals surface area contributed by atoms with Crippen LogP contribution in [-0.2, 0) is 25.8 Å². The molecular weight excluding hydrogens is 320 g/mol. The van der Waals surface area contributed by atoms with E-state index in [0.29, 0.717) is 12.0 Å². The summed E-state index contributed by atoms with van der Waals surface area (Å²) in [6, 6.07) is 5.27. The Bertz CT molecular complexity index is 631. The summed E-state index contributed by atoms with van der Waals surface area (Å²) in [6.45, 7) is 1.48. The first-order valence-electron chi connectivity index (χ1n) is 7.34. The first kappa shape index (κ1) is 17.8. The van der Waals surface area contributed by atoms with Crippen molar-refractivity contribution < 1.29 is 29.4 Å². The van der Waals surface area contributed by atoms with Crippen molar-refractivity contribution in [3.8, 4) is 0 Å². The number of nitro groups is 1. The van der Waals surface area contributed by atoms with Gasteiger partial charge in [-0.25, -0.2) is 4.79 Å². The maximum absolute atomic E-state index is 11.7. The average Bonchev–Trinajstić information content (AvgIpc) is 2.55. The molecule has 1 aromatic carbocycles. The molecule has 1 heterocycles. The number of hydrogen-bond donors (Lipinski definition) is 2. The van der Waals surface area contributed by atoms with Gasteiger partial charge < -0.3 is 10.4 Å². The third kappa shape index (κ3) is 3.87. The second kappa shape index (κ2) is 7.37. The molecule has 1 aliphatic rings. The van der Waals surface area contributed by atoms with Gasteiger partial charge in [0.25, 0.3) is 5.69 Å². The molecule has 1 fully saturated rings. The molecule has 0 radical (unpaired) electrons. The van der Waals surface area contributed by atoms with Gasteiger partial charge in [-0.3, -0.25) is 19.8 Å². The van der Waals surface area contributed by atoms with E-state index in [4.69, 9.17) is 9.99 Å². The fraction of sp³-hybridized carbons (Fsp3) is 0.467. The normalized spacial score (nSPS) is 22.4. The highest BCUT2D eigenvalue weighted by atomic mass is 17.2. The van der Waals surface area contributed by atoms with E-state index in [9.17, 15) is 19.7 Å². The average molecular weight is 338 g/mol. The van der Waals surface area contributed by atoms with Gasteiger partial charge in [0.1, 0.15) is 6.61 Å². The highest BCUT2D eigenvalue weighted by Crippen LogP contribution is 2.32. The number of hydrogen-bond acceptors (Lipinski definition) is 7. The molecule has 1 amide bonds. The first-order valence-corrected chi connectivity index (χ1v) is 7.34. The SMILES string of the molecule is CC1(COOC(=O)Cc2ccc([N+](=O)[O-])cc2)C(=O)NC1CCO. The Labute approximate surface area is 137 Å². The lowest BCUT2D eigenvalue weighted by Gasteiger charge is -2.45. The molecule has 0 saturated carbocycles. The van der Waals surface area contributed by atoms with Crippen molar-refractivity contribution in [2.24, 2.45) is 5.41 Å². The zero-order valence-electron chi connectivity index (χ0n) is 13.1. The first-order chi connectivity index (χ1) is 11.4. The van der Waals surface area contributed by atoms with E-state index >= 15 is 0 Å². The van der Waals surface area contributed by atoms with E-state index in [1.807, 2.05) is 0 Å². The molecule has 9 heteroatoms. The lowest BCUT2D eigenvalue weighted by molar-refractivity contribution is -0.384. The Morgan fingerprint density at radius 3 is 2.62 bits per heavy atom. The van der Waals surface area contributed by atoms with Gasteiger partial charge >= 0.3 is 5.97 Å². The van der Waals surface area contributed by atoms with Crippen LogP contribution in [-0.4, -0.2) is 41.2 Å². The van der Waals surface area contributed by atoms with E-state index in [-0.39, 0.29) is 37.3 Å². The predicted octanol–water partition coefficient (Wildman–Crippen LogP) is 0.499. The van der Waals surface area contributed by atoms with Crippen LogP contribution in [0.5, 0.6) is 0 Å². The van der Waals surface area contributed by atoms with Crippen molar-refractivity contribution in [1.82, 2.24) is 5.32 Å². The summed E-state index contributed by atoms with van der Waals surface area (Å²) in [7, 11) is 0. The predicted molar refractivity (Wildman–Crippen MR) is 80.6 cm³/mol. The number of amides is 1. The molecule has 9 nitrogen and oxygen atoms in total. The van der Waals surface area contributed by atoms with Crippen LogP contribution in [0.15, 0.2) is 24.3 Å². The molecule has 24 heavy (non-hydrogen) atoms. The molecule has 2 rings (SSSR count). The Morgan fingerprint density at radius 1 is 1.42 bits per heavy atom. The number of β-lactam (4-membered cyclic amide) rings is 1. The number of benzene rings is 1. The standard InChI is InChI=1S/C15H18N2O7/c1-15(12(6-7-18)16-14(15)20)9-23-24-13(19)8-10-2-4-11(5-3-10)17(21)22/h2-5,12,18H,6-9H2,1H3,(H,16,20). The van der Waals surface area contributed by atoms with Crippen molar-refractivity contribution in [1.29, 1.82) is 0 Å². The van der Waals surface area contributed by atoms with Crippen LogP contribution in [0.4, 0.5) is 5.69 Å². The van der Waals surface area contributed by atoms with Gasteiger partial charge in [-0.1, -0.05) is 12.1 Å². The summed E-state index contributed by atoms with van der Waals surface area (Å²) in [5.74, 6) is -0.904. The molecule has 1 aromatic rings. The number of aliphatic hydroxyl groups is 1. The van der Waals surface area contributed by atoms with Gasteiger partial charge in [0.05, 0.1) is 16.8 Å². The summed E-state index contributed by atoms with van der Waals surface area (Å²) in [4.78, 5) is 42.9. The Balaban J connectivity index is 1.79. The number of nitrogens with one attached hydrogen (secondary N) is 1. The Morgan fingerprint density at radius 2 is 2.08 bits per heavy atom. The van der Waals surface area contributed by atoms with Crippen LogP contribution < -0.4 is 5.32 Å². The second-order valence-electron chi connectivity index (χ2n) is 5.77. The van der Waals surface area contributed by atoms with Gasteiger partial charge in [-0.15, -0.1) is 0 Å². The Kier molecular flexibility index (Phi) is 5.47. The van der Waals surface area contributed by atoms with E-state index in [1.165, 1.54) is 24.3 Å². The maximum atomic E-state index is 11.7. The monoisotopic (exact) mass is 338 g/mol. The number of aliphatic hydroxyl groups excluding tert-OH is 1. The minimum atomic E-state index is -0.851. The largest absolute Gasteiger partial charge is 0.396 e. The summed E-state index contributed by atoms with van der Waals surface area (Å²) in [5.41, 5.74) is -0.377. The van der Waals surface area contributed by atoms with Gasteiger partial charge in [0.2, 0.25) is 5.91 Å². The van der Waals surface area contributed by atoms with Crippen molar-refractivity contribution in [2.45, 2.75) is 25.8 Å². The van der Waals surface area contributed by atoms with Crippen molar-refractivity contribution in [2.75, 3.05) is 13.2 Å². The van der Waals surface area contributed by atoms with Crippen molar-refractivity contribution in [3.05, 3.63) is 39.9 Å². The molecule has 2 unspecified atom stereocenters. The third-order valence-corrected chi connectivity index (χ3v) is 4.02. The fourth-order valence-electron chi connectivity index (χ4n) is 2.40. The smallest absolute Gasteiger partial charge is 0.346 e. The number of non-ortho nitro benzene ring substituents is 1. The maximum Gasteiger partial charge on any atom is 0.346 e. The molecule has 2 N–H and O–H groups in total. The van der Waals surface area contributed by atoms with Gasteiger partial charge in [-0.05, 0) is 18.9 Å². The molecule has 0 aromatic heterocycles. The lowest BCUT2D eigenvalue weighted by atomic mass is 9.73. The van der Waals surface area contributed by atoms with Crippen molar-refractivity contribution >= 4 is 17.6 Å². The number of rotatable bonds is 8.